The normalized spacial score (nSPS) is 10.4. The Morgan fingerprint density at radius 3 is 2.62 bits per heavy atom. The van der Waals surface area contributed by atoms with Crippen molar-refractivity contribution in [3.63, 3.8) is 0 Å². The van der Waals surface area contributed by atoms with Crippen molar-refractivity contribution in [2.45, 2.75) is 20.3 Å². The molecule has 1 aromatic carbocycles. The van der Waals surface area contributed by atoms with Crippen molar-refractivity contribution >= 4 is 0 Å². The molecule has 0 saturated carbocycles. The maximum atomic E-state index is 9.60. The van der Waals surface area contributed by atoms with E-state index in [0.29, 0.717) is 18.8 Å². The average Bonchev–Trinajstić information content (AvgIpc) is 2.02. The molecule has 0 aliphatic rings. The molecule has 0 bridgehead atoms. The molecule has 13 heavy (non-hydrogen) atoms. The van der Waals surface area contributed by atoms with Gasteiger partial charge in [0.05, 0.1) is 6.61 Å². The third kappa shape index (κ3) is 2.44. The summed E-state index contributed by atoms with van der Waals surface area (Å²) in [6, 6.07) is 3.78. The van der Waals surface area contributed by atoms with E-state index in [1.54, 1.807) is 6.07 Å². The van der Waals surface area contributed by atoms with Gasteiger partial charge in [-0.15, -0.1) is 0 Å². The SMILES string of the molecule is Cc1cc(C)c(CCON)c(O)c1. The van der Waals surface area contributed by atoms with Crippen molar-refractivity contribution < 1.29 is 9.94 Å². The molecule has 0 aliphatic heterocycles. The summed E-state index contributed by atoms with van der Waals surface area (Å²) < 4.78 is 0. The number of phenolic OH excluding ortho intramolecular Hbond substituents is 1. The summed E-state index contributed by atoms with van der Waals surface area (Å²) in [6.07, 6.45) is 0.647. The summed E-state index contributed by atoms with van der Waals surface area (Å²) in [6.45, 7) is 4.35. The number of nitrogens with two attached hydrogens (primary N) is 1. The van der Waals surface area contributed by atoms with Gasteiger partial charge in [0.25, 0.3) is 0 Å². The van der Waals surface area contributed by atoms with E-state index in [-0.39, 0.29) is 0 Å². The van der Waals surface area contributed by atoms with Crippen LogP contribution >= 0.6 is 0 Å². The van der Waals surface area contributed by atoms with Crippen LogP contribution in [0.15, 0.2) is 12.1 Å². The molecule has 1 rings (SSSR count). The number of phenols is 1. The van der Waals surface area contributed by atoms with Gasteiger partial charge >= 0.3 is 0 Å². The fourth-order valence-corrected chi connectivity index (χ4v) is 1.46. The maximum Gasteiger partial charge on any atom is 0.119 e. The fraction of sp³-hybridized carbons (Fsp3) is 0.400. The number of hydrogen-bond donors (Lipinski definition) is 2. The third-order valence-corrected chi connectivity index (χ3v) is 2.06. The van der Waals surface area contributed by atoms with Crippen LogP contribution in [0.25, 0.3) is 0 Å². The van der Waals surface area contributed by atoms with Gasteiger partial charge < -0.3 is 9.94 Å². The van der Waals surface area contributed by atoms with Crippen LogP contribution in [0.3, 0.4) is 0 Å². The Labute approximate surface area is 78.1 Å². The predicted molar refractivity (Wildman–Crippen MR) is 51.4 cm³/mol. The van der Waals surface area contributed by atoms with Crippen molar-refractivity contribution in [3.05, 3.63) is 28.8 Å². The Morgan fingerprint density at radius 2 is 2.08 bits per heavy atom. The highest BCUT2D eigenvalue weighted by molar-refractivity contribution is 5.42. The van der Waals surface area contributed by atoms with Gasteiger partial charge in [0.15, 0.2) is 0 Å². The van der Waals surface area contributed by atoms with Gasteiger partial charge in [0, 0.05) is 6.42 Å². The first-order chi connectivity index (χ1) is 6.15. The van der Waals surface area contributed by atoms with Gasteiger partial charge in [-0.05, 0) is 36.6 Å². The van der Waals surface area contributed by atoms with Crippen molar-refractivity contribution in [1.82, 2.24) is 0 Å². The molecule has 0 aromatic heterocycles. The first-order valence-corrected chi connectivity index (χ1v) is 4.26. The van der Waals surface area contributed by atoms with Crippen molar-refractivity contribution in [2.75, 3.05) is 6.61 Å². The molecule has 0 heterocycles. The maximum absolute atomic E-state index is 9.60. The van der Waals surface area contributed by atoms with Crippen LogP contribution < -0.4 is 5.90 Å². The fourth-order valence-electron chi connectivity index (χ4n) is 1.46. The van der Waals surface area contributed by atoms with Crippen molar-refractivity contribution in [2.24, 2.45) is 5.90 Å². The minimum absolute atomic E-state index is 0.328. The quantitative estimate of drug-likeness (QED) is 0.694. The molecule has 0 atom stereocenters. The lowest BCUT2D eigenvalue weighted by Gasteiger charge is -2.08. The van der Waals surface area contributed by atoms with E-state index < -0.39 is 0 Å². The lowest BCUT2D eigenvalue weighted by Crippen LogP contribution is -2.05. The zero-order chi connectivity index (χ0) is 9.84. The summed E-state index contributed by atoms with van der Waals surface area (Å²) in [5, 5.41) is 9.60. The largest absolute Gasteiger partial charge is 0.508 e. The molecule has 3 nitrogen and oxygen atoms in total. The predicted octanol–water partition coefficient (Wildman–Crippen LogP) is 1.44. The van der Waals surface area contributed by atoms with Crippen LogP contribution in [0.2, 0.25) is 0 Å². The van der Waals surface area contributed by atoms with Crippen LogP contribution in [0, 0.1) is 13.8 Å². The van der Waals surface area contributed by atoms with Crippen LogP contribution in [-0.2, 0) is 11.3 Å². The van der Waals surface area contributed by atoms with E-state index in [9.17, 15) is 5.11 Å². The third-order valence-electron chi connectivity index (χ3n) is 2.06. The molecular weight excluding hydrogens is 166 g/mol. The van der Waals surface area contributed by atoms with Crippen LogP contribution in [0.4, 0.5) is 0 Å². The van der Waals surface area contributed by atoms with Crippen molar-refractivity contribution in [3.8, 4) is 5.75 Å². The zero-order valence-corrected chi connectivity index (χ0v) is 8.00. The first kappa shape index (κ1) is 10.0. The van der Waals surface area contributed by atoms with Gasteiger partial charge in [0.2, 0.25) is 0 Å². The summed E-state index contributed by atoms with van der Waals surface area (Å²) in [5.41, 5.74) is 3.05. The van der Waals surface area contributed by atoms with Gasteiger partial charge in [-0.1, -0.05) is 6.07 Å². The Morgan fingerprint density at radius 1 is 1.38 bits per heavy atom. The standard InChI is InChI=1S/C10H15NO2/c1-7-5-8(2)9(3-4-13-11)10(12)6-7/h5-6,12H,3-4,11H2,1-2H3. The second-order valence-electron chi connectivity index (χ2n) is 3.20. The molecule has 0 saturated heterocycles. The van der Waals surface area contributed by atoms with Gasteiger partial charge in [-0.25, -0.2) is 5.90 Å². The highest BCUT2D eigenvalue weighted by atomic mass is 16.6. The van der Waals surface area contributed by atoms with E-state index >= 15 is 0 Å². The Hall–Kier alpha value is -1.06. The minimum Gasteiger partial charge on any atom is -0.508 e. The summed E-state index contributed by atoms with van der Waals surface area (Å²) >= 11 is 0. The van der Waals surface area contributed by atoms with Crippen molar-refractivity contribution in [1.29, 1.82) is 0 Å². The number of rotatable bonds is 3. The van der Waals surface area contributed by atoms with E-state index in [2.05, 4.69) is 4.84 Å². The highest BCUT2D eigenvalue weighted by Gasteiger charge is 2.05. The number of hydrogen-bond acceptors (Lipinski definition) is 3. The lowest BCUT2D eigenvalue weighted by molar-refractivity contribution is 0.140. The van der Waals surface area contributed by atoms with E-state index in [0.717, 1.165) is 16.7 Å². The Balaban J connectivity index is 2.92. The summed E-state index contributed by atoms with van der Waals surface area (Å²) in [5.74, 6) is 5.25. The van der Waals surface area contributed by atoms with E-state index in [4.69, 9.17) is 5.90 Å². The van der Waals surface area contributed by atoms with Gasteiger partial charge in [-0.3, -0.25) is 0 Å². The van der Waals surface area contributed by atoms with Crippen LogP contribution in [-0.4, -0.2) is 11.7 Å². The molecule has 72 valence electrons. The smallest absolute Gasteiger partial charge is 0.119 e. The van der Waals surface area contributed by atoms with E-state index in [1.807, 2.05) is 19.9 Å². The molecule has 0 aliphatic carbocycles. The monoisotopic (exact) mass is 181 g/mol. The second-order valence-corrected chi connectivity index (χ2v) is 3.20. The Kier molecular flexibility index (Phi) is 3.28. The summed E-state index contributed by atoms with van der Waals surface area (Å²) in [7, 11) is 0. The number of aromatic hydroxyl groups is 1. The minimum atomic E-state index is 0.328. The second kappa shape index (κ2) is 4.25. The molecular formula is C10H15NO2. The highest BCUT2D eigenvalue weighted by Crippen LogP contribution is 2.23. The first-order valence-electron chi connectivity index (χ1n) is 4.26. The molecule has 1 aromatic rings. The van der Waals surface area contributed by atoms with Gasteiger partial charge in [-0.2, -0.15) is 0 Å². The van der Waals surface area contributed by atoms with Crippen LogP contribution in [0.1, 0.15) is 16.7 Å². The molecule has 0 fully saturated rings. The topological polar surface area (TPSA) is 55.5 Å². The Bertz CT molecular complexity index is 274. The molecule has 0 spiro atoms. The zero-order valence-electron chi connectivity index (χ0n) is 8.00. The lowest BCUT2D eigenvalue weighted by atomic mass is 10.0. The number of benzene rings is 1. The summed E-state index contributed by atoms with van der Waals surface area (Å²) in [4.78, 5) is 4.47. The average molecular weight is 181 g/mol. The number of aryl methyl sites for hydroxylation is 2. The molecule has 3 heteroatoms. The molecule has 0 unspecified atom stereocenters. The van der Waals surface area contributed by atoms with Gasteiger partial charge in [0.1, 0.15) is 5.75 Å². The molecule has 0 amide bonds. The van der Waals surface area contributed by atoms with E-state index in [1.165, 1.54) is 0 Å². The van der Waals surface area contributed by atoms with Crippen LogP contribution in [0.5, 0.6) is 5.75 Å². The molecule has 3 N–H and O–H groups in total. The molecule has 0 radical (unpaired) electrons.